The van der Waals surface area contributed by atoms with Crippen LogP contribution in [0.1, 0.15) is 19.0 Å². The quantitative estimate of drug-likeness (QED) is 0.232. The summed E-state index contributed by atoms with van der Waals surface area (Å²) in [5, 5.41) is 16.7. The second-order valence-electron chi connectivity index (χ2n) is 6.09. The second-order valence-corrected chi connectivity index (χ2v) is 7.07. The lowest BCUT2D eigenvalue weighted by molar-refractivity contribution is -0.142. The Labute approximate surface area is 166 Å². The number of amides is 3. The van der Waals surface area contributed by atoms with Crippen molar-refractivity contribution < 1.29 is 24.3 Å². The molecule has 0 fully saturated rings. The van der Waals surface area contributed by atoms with Gasteiger partial charge in [0, 0.05) is 18.3 Å². The van der Waals surface area contributed by atoms with Crippen molar-refractivity contribution in [3.63, 3.8) is 0 Å². The van der Waals surface area contributed by atoms with Gasteiger partial charge in [-0.25, -0.2) is 9.78 Å². The summed E-state index contributed by atoms with van der Waals surface area (Å²) in [4.78, 5) is 54.1. The van der Waals surface area contributed by atoms with E-state index in [1.807, 2.05) is 6.26 Å². The number of thioether (sulfide) groups is 1. The first-order chi connectivity index (χ1) is 13.2. The van der Waals surface area contributed by atoms with Crippen LogP contribution in [-0.2, 0) is 25.6 Å². The Balaban J connectivity index is 2.69. The fourth-order valence-electron chi connectivity index (χ4n) is 2.17. The van der Waals surface area contributed by atoms with Crippen LogP contribution in [0, 0.1) is 0 Å². The smallest absolute Gasteiger partial charge is 0.326 e. The van der Waals surface area contributed by atoms with E-state index in [9.17, 15) is 24.3 Å². The lowest BCUT2D eigenvalue weighted by Gasteiger charge is -2.21. The number of hydrogen-bond acceptors (Lipinski definition) is 7. The summed E-state index contributed by atoms with van der Waals surface area (Å²) in [6, 6.07) is -2.88. The minimum atomic E-state index is -1.21. The number of rotatable bonds is 12. The minimum Gasteiger partial charge on any atom is -0.480 e. The average molecular weight is 414 g/mol. The number of nitrogens with zero attached hydrogens (tertiary/aromatic N) is 1. The van der Waals surface area contributed by atoms with Crippen molar-refractivity contribution in [1.29, 1.82) is 0 Å². The molecule has 0 saturated heterocycles. The van der Waals surface area contributed by atoms with Gasteiger partial charge < -0.3 is 31.8 Å². The summed E-state index contributed by atoms with van der Waals surface area (Å²) >= 11 is 1.48. The van der Waals surface area contributed by atoms with Gasteiger partial charge in [-0.2, -0.15) is 11.8 Å². The first-order valence-corrected chi connectivity index (χ1v) is 9.96. The molecule has 0 aliphatic heterocycles. The molecule has 3 unspecified atom stereocenters. The second kappa shape index (κ2) is 12.0. The van der Waals surface area contributed by atoms with Gasteiger partial charge in [0.15, 0.2) is 0 Å². The highest BCUT2D eigenvalue weighted by atomic mass is 32.2. The van der Waals surface area contributed by atoms with E-state index >= 15 is 0 Å². The maximum atomic E-state index is 12.5. The Morgan fingerprint density at radius 3 is 2.50 bits per heavy atom. The lowest BCUT2D eigenvalue weighted by Crippen LogP contribution is -2.54. The highest BCUT2D eigenvalue weighted by Gasteiger charge is 2.27. The predicted octanol–water partition coefficient (Wildman–Crippen LogP) is -1.78. The number of nitrogens with one attached hydrogen (secondary N) is 4. The zero-order valence-electron chi connectivity index (χ0n) is 15.7. The molecule has 0 aliphatic carbocycles. The molecule has 12 heteroatoms. The van der Waals surface area contributed by atoms with Crippen LogP contribution in [0.5, 0.6) is 0 Å². The topological polar surface area (TPSA) is 179 Å². The molecular weight excluding hydrogens is 388 g/mol. The van der Waals surface area contributed by atoms with E-state index in [4.69, 9.17) is 5.73 Å². The van der Waals surface area contributed by atoms with E-state index in [0.29, 0.717) is 17.9 Å². The molecule has 1 aromatic rings. The molecule has 1 rings (SSSR count). The molecular formula is C16H26N6O5S. The van der Waals surface area contributed by atoms with Gasteiger partial charge in [-0.05, 0) is 25.4 Å². The number of carboxylic acid groups (broad SMARTS) is 1. The number of nitrogens with two attached hydrogens (primary N) is 1. The highest BCUT2D eigenvalue weighted by molar-refractivity contribution is 7.98. The van der Waals surface area contributed by atoms with Crippen molar-refractivity contribution in [3.05, 3.63) is 18.2 Å². The van der Waals surface area contributed by atoms with E-state index in [1.165, 1.54) is 31.2 Å². The molecule has 0 spiro atoms. The Morgan fingerprint density at radius 2 is 1.96 bits per heavy atom. The van der Waals surface area contributed by atoms with Gasteiger partial charge in [0.25, 0.3) is 0 Å². The molecule has 0 aliphatic rings. The van der Waals surface area contributed by atoms with E-state index in [1.54, 1.807) is 0 Å². The first-order valence-electron chi connectivity index (χ1n) is 8.56. The molecule has 0 bridgehead atoms. The highest BCUT2D eigenvalue weighted by Crippen LogP contribution is 2.04. The third-order valence-corrected chi connectivity index (χ3v) is 4.34. The van der Waals surface area contributed by atoms with Crippen molar-refractivity contribution in [2.45, 2.75) is 37.9 Å². The van der Waals surface area contributed by atoms with E-state index in [2.05, 4.69) is 25.9 Å². The number of aromatic nitrogens is 2. The zero-order chi connectivity index (χ0) is 21.1. The number of carbonyl (C=O) groups excluding carboxylic acids is 3. The summed E-state index contributed by atoms with van der Waals surface area (Å²) in [5.74, 6) is -2.32. The number of hydrogen-bond donors (Lipinski definition) is 6. The molecule has 156 valence electrons. The van der Waals surface area contributed by atoms with Crippen molar-refractivity contribution in [3.8, 4) is 0 Å². The van der Waals surface area contributed by atoms with Crippen LogP contribution in [0.2, 0.25) is 0 Å². The fraction of sp³-hybridized carbons (Fsp3) is 0.562. The van der Waals surface area contributed by atoms with Crippen LogP contribution in [0.15, 0.2) is 12.5 Å². The molecule has 1 aromatic heterocycles. The maximum Gasteiger partial charge on any atom is 0.326 e. The van der Waals surface area contributed by atoms with Crippen LogP contribution < -0.4 is 21.7 Å². The molecule has 11 nitrogen and oxygen atoms in total. The van der Waals surface area contributed by atoms with Gasteiger partial charge in [-0.1, -0.05) is 0 Å². The summed E-state index contributed by atoms with van der Waals surface area (Å²) in [5.41, 5.74) is 5.95. The summed E-state index contributed by atoms with van der Waals surface area (Å²) < 4.78 is 0. The standard InChI is InChI=1S/C16H26N6O5S/c1-9(17)14(24)19-7-13(23)21-11(3-4-28-2)15(25)22-12(16(26)27)5-10-6-18-8-20-10/h6,8-9,11-12H,3-5,7,17H2,1-2H3,(H,18,20)(H,19,24)(H,21,23)(H,22,25)(H,26,27). The normalized spacial score (nSPS) is 13.8. The number of aliphatic carboxylic acids is 1. The van der Waals surface area contributed by atoms with Crippen LogP contribution in [0.3, 0.4) is 0 Å². The van der Waals surface area contributed by atoms with Gasteiger partial charge in [-0.3, -0.25) is 14.4 Å². The molecule has 0 aromatic carbocycles. The minimum absolute atomic E-state index is 0.0225. The number of imidazole rings is 1. The molecule has 3 amide bonds. The Bertz CT molecular complexity index is 666. The van der Waals surface area contributed by atoms with Crippen molar-refractivity contribution >= 4 is 35.5 Å². The molecule has 28 heavy (non-hydrogen) atoms. The number of H-pyrrole nitrogens is 1. The Hall–Kier alpha value is -2.60. The summed E-state index contributed by atoms with van der Waals surface area (Å²) in [7, 11) is 0. The Morgan fingerprint density at radius 1 is 1.25 bits per heavy atom. The van der Waals surface area contributed by atoms with Gasteiger partial charge in [0.1, 0.15) is 12.1 Å². The summed E-state index contributed by atoms with van der Waals surface area (Å²) in [6.07, 6.45) is 5.05. The maximum absolute atomic E-state index is 12.5. The van der Waals surface area contributed by atoms with Crippen molar-refractivity contribution in [2.75, 3.05) is 18.6 Å². The molecule has 7 N–H and O–H groups in total. The first kappa shape index (κ1) is 23.4. The van der Waals surface area contributed by atoms with Gasteiger partial charge >= 0.3 is 5.97 Å². The predicted molar refractivity (Wildman–Crippen MR) is 103 cm³/mol. The molecule has 3 atom stereocenters. The van der Waals surface area contributed by atoms with Gasteiger partial charge in [0.2, 0.25) is 17.7 Å². The van der Waals surface area contributed by atoms with E-state index in [0.717, 1.165) is 0 Å². The SMILES string of the molecule is CSCCC(NC(=O)CNC(=O)C(C)N)C(=O)NC(Cc1cnc[nH]1)C(=O)O. The van der Waals surface area contributed by atoms with Crippen LogP contribution in [0.4, 0.5) is 0 Å². The molecule has 0 saturated carbocycles. The third kappa shape index (κ3) is 8.39. The number of carboxylic acids is 1. The van der Waals surface area contributed by atoms with Gasteiger partial charge in [-0.15, -0.1) is 0 Å². The third-order valence-electron chi connectivity index (χ3n) is 3.69. The van der Waals surface area contributed by atoms with Crippen molar-refractivity contribution in [1.82, 2.24) is 25.9 Å². The monoisotopic (exact) mass is 414 g/mol. The van der Waals surface area contributed by atoms with E-state index in [-0.39, 0.29) is 13.0 Å². The lowest BCUT2D eigenvalue weighted by atomic mass is 10.1. The fourth-order valence-corrected chi connectivity index (χ4v) is 2.64. The largest absolute Gasteiger partial charge is 0.480 e. The zero-order valence-corrected chi connectivity index (χ0v) is 16.5. The van der Waals surface area contributed by atoms with E-state index < -0.39 is 41.8 Å². The van der Waals surface area contributed by atoms with Crippen LogP contribution in [-0.4, -0.2) is 75.4 Å². The number of carbonyl (C=O) groups is 4. The number of aromatic amines is 1. The molecule has 1 heterocycles. The Kier molecular flexibility index (Phi) is 10.0. The average Bonchev–Trinajstić information content (AvgIpc) is 3.15. The molecule has 0 radical (unpaired) electrons. The van der Waals surface area contributed by atoms with Crippen LogP contribution in [0.25, 0.3) is 0 Å². The summed E-state index contributed by atoms with van der Waals surface area (Å²) in [6.45, 7) is 1.15. The van der Waals surface area contributed by atoms with Crippen LogP contribution >= 0.6 is 11.8 Å². The van der Waals surface area contributed by atoms with Gasteiger partial charge in [0.05, 0.1) is 18.9 Å². The van der Waals surface area contributed by atoms with Crippen molar-refractivity contribution in [2.24, 2.45) is 5.73 Å².